The summed E-state index contributed by atoms with van der Waals surface area (Å²) in [5, 5.41) is 4.92. The van der Waals surface area contributed by atoms with Gasteiger partial charge in [-0.3, -0.25) is 0 Å². The summed E-state index contributed by atoms with van der Waals surface area (Å²) >= 11 is 0. The minimum Gasteiger partial charge on any atom is -0.374 e. The second-order valence-electron chi connectivity index (χ2n) is 9.11. The Balaban J connectivity index is 1.15. The molecule has 1 heterocycles. The molecule has 1 fully saturated rings. The molecular formula is C29H30O4. The van der Waals surface area contributed by atoms with Crippen LogP contribution in [0.15, 0.2) is 84.9 Å². The molecule has 4 aromatic rings. The third-order valence-electron chi connectivity index (χ3n) is 6.01. The molecule has 33 heavy (non-hydrogen) atoms. The van der Waals surface area contributed by atoms with Crippen molar-refractivity contribution < 1.29 is 18.9 Å². The highest BCUT2D eigenvalue weighted by Gasteiger charge is 2.41. The van der Waals surface area contributed by atoms with Crippen molar-refractivity contribution in [3.63, 3.8) is 0 Å². The highest BCUT2D eigenvalue weighted by molar-refractivity contribution is 5.83. The average molecular weight is 443 g/mol. The lowest BCUT2D eigenvalue weighted by Crippen LogP contribution is -2.31. The summed E-state index contributed by atoms with van der Waals surface area (Å²) in [7, 11) is 0. The fraction of sp³-hybridized carbons (Fsp3) is 0.310. The third-order valence-corrected chi connectivity index (χ3v) is 6.01. The Kier molecular flexibility index (Phi) is 6.43. The minimum atomic E-state index is -0.645. The van der Waals surface area contributed by atoms with Crippen molar-refractivity contribution in [3.05, 3.63) is 96.1 Å². The summed E-state index contributed by atoms with van der Waals surface area (Å²) in [5.41, 5.74) is 2.30. The Hall–Kier alpha value is -2.76. The molecule has 0 bridgehead atoms. The van der Waals surface area contributed by atoms with Crippen molar-refractivity contribution in [1.29, 1.82) is 0 Å². The van der Waals surface area contributed by atoms with Crippen molar-refractivity contribution >= 4 is 21.5 Å². The van der Waals surface area contributed by atoms with Crippen LogP contribution in [-0.4, -0.2) is 31.2 Å². The lowest BCUT2D eigenvalue weighted by molar-refractivity contribution is -0.154. The van der Waals surface area contributed by atoms with Gasteiger partial charge in [-0.05, 0) is 58.7 Å². The topological polar surface area (TPSA) is 36.9 Å². The first kappa shape index (κ1) is 22.1. The van der Waals surface area contributed by atoms with E-state index in [-0.39, 0.29) is 12.2 Å². The molecule has 0 amide bonds. The zero-order valence-electron chi connectivity index (χ0n) is 19.2. The fourth-order valence-corrected chi connectivity index (χ4v) is 4.43. The number of hydrogen-bond acceptors (Lipinski definition) is 4. The Bertz CT molecular complexity index is 1140. The number of fused-ring (bicyclic) bond motifs is 2. The van der Waals surface area contributed by atoms with Crippen LogP contribution < -0.4 is 0 Å². The number of hydrogen-bond donors (Lipinski definition) is 0. The second kappa shape index (κ2) is 9.62. The lowest BCUT2D eigenvalue weighted by Gasteiger charge is -2.17. The van der Waals surface area contributed by atoms with Gasteiger partial charge in [0.2, 0.25) is 0 Å². The summed E-state index contributed by atoms with van der Waals surface area (Å²) < 4.78 is 24.3. The first-order valence-electron chi connectivity index (χ1n) is 11.5. The molecule has 1 aliphatic heterocycles. The van der Waals surface area contributed by atoms with Crippen molar-refractivity contribution in [2.45, 2.75) is 45.1 Å². The van der Waals surface area contributed by atoms with E-state index in [0.717, 1.165) is 11.1 Å². The van der Waals surface area contributed by atoms with Crippen molar-refractivity contribution in [2.24, 2.45) is 0 Å². The zero-order chi connectivity index (χ0) is 22.7. The Morgan fingerprint density at radius 1 is 0.606 bits per heavy atom. The van der Waals surface area contributed by atoms with Crippen molar-refractivity contribution in [3.8, 4) is 0 Å². The summed E-state index contributed by atoms with van der Waals surface area (Å²) in [6.45, 7) is 5.87. The van der Waals surface area contributed by atoms with Crippen LogP contribution in [0, 0.1) is 0 Å². The normalized spacial score (nSPS) is 19.9. The van der Waals surface area contributed by atoms with Gasteiger partial charge >= 0.3 is 0 Å². The van der Waals surface area contributed by atoms with E-state index < -0.39 is 5.79 Å². The predicted octanol–water partition coefficient (Wildman–Crippen LogP) is 6.25. The molecule has 170 valence electrons. The van der Waals surface area contributed by atoms with Crippen molar-refractivity contribution in [1.82, 2.24) is 0 Å². The summed E-state index contributed by atoms with van der Waals surface area (Å²) in [5.74, 6) is -0.645. The molecular weight excluding hydrogens is 412 g/mol. The molecule has 0 aromatic heterocycles. The highest BCUT2D eigenvalue weighted by atomic mass is 16.8. The number of rotatable bonds is 8. The number of ether oxygens (including phenoxy) is 4. The first-order valence-corrected chi connectivity index (χ1v) is 11.5. The van der Waals surface area contributed by atoms with Crippen LogP contribution in [0.25, 0.3) is 21.5 Å². The second-order valence-corrected chi connectivity index (χ2v) is 9.11. The zero-order valence-corrected chi connectivity index (χ0v) is 19.2. The van der Waals surface area contributed by atoms with E-state index in [1.165, 1.54) is 21.5 Å². The monoisotopic (exact) mass is 442 g/mol. The third kappa shape index (κ3) is 5.43. The van der Waals surface area contributed by atoms with Gasteiger partial charge in [0.15, 0.2) is 5.79 Å². The molecule has 0 unspecified atom stereocenters. The van der Waals surface area contributed by atoms with Gasteiger partial charge in [0.05, 0.1) is 26.4 Å². The quantitative estimate of drug-likeness (QED) is 0.323. The molecule has 0 N–H and O–H groups in total. The van der Waals surface area contributed by atoms with Gasteiger partial charge in [0.1, 0.15) is 12.2 Å². The Labute approximate surface area is 195 Å². The largest absolute Gasteiger partial charge is 0.374 e. The molecule has 0 spiro atoms. The van der Waals surface area contributed by atoms with Crippen molar-refractivity contribution in [2.75, 3.05) is 13.2 Å². The molecule has 1 saturated heterocycles. The molecule has 2 atom stereocenters. The molecule has 1 aliphatic rings. The van der Waals surface area contributed by atoms with Gasteiger partial charge in [-0.2, -0.15) is 0 Å². The van der Waals surface area contributed by atoms with E-state index in [2.05, 4.69) is 84.9 Å². The van der Waals surface area contributed by atoms with Crippen LogP contribution in [0.2, 0.25) is 0 Å². The van der Waals surface area contributed by atoms with Gasteiger partial charge in [-0.1, -0.05) is 72.8 Å². The van der Waals surface area contributed by atoms with Gasteiger partial charge in [0.25, 0.3) is 0 Å². The number of benzene rings is 4. The minimum absolute atomic E-state index is 0.169. The van der Waals surface area contributed by atoms with E-state index >= 15 is 0 Å². The maximum atomic E-state index is 6.10. The van der Waals surface area contributed by atoms with Crippen LogP contribution in [0.5, 0.6) is 0 Å². The van der Waals surface area contributed by atoms with Gasteiger partial charge in [-0.25, -0.2) is 0 Å². The maximum absolute atomic E-state index is 6.10. The molecule has 0 aliphatic carbocycles. The van der Waals surface area contributed by atoms with E-state index in [1.54, 1.807) is 0 Å². The Morgan fingerprint density at radius 2 is 1.03 bits per heavy atom. The van der Waals surface area contributed by atoms with Gasteiger partial charge in [0, 0.05) is 0 Å². The van der Waals surface area contributed by atoms with Gasteiger partial charge < -0.3 is 18.9 Å². The SMILES string of the molecule is CC1(C)O[C@@H](COCc2ccc3ccccc3c2)[C@H](COCc2ccc3ccccc3c2)O1. The Morgan fingerprint density at radius 3 is 1.48 bits per heavy atom. The van der Waals surface area contributed by atoms with Crippen LogP contribution in [0.3, 0.4) is 0 Å². The molecule has 4 aromatic carbocycles. The smallest absolute Gasteiger partial charge is 0.163 e. The molecule has 4 heteroatoms. The van der Waals surface area contributed by atoms with Crippen LogP contribution in [0.4, 0.5) is 0 Å². The van der Waals surface area contributed by atoms with Crippen LogP contribution >= 0.6 is 0 Å². The van der Waals surface area contributed by atoms with E-state index in [9.17, 15) is 0 Å². The summed E-state index contributed by atoms with van der Waals surface area (Å²) in [6, 6.07) is 29.6. The lowest BCUT2D eigenvalue weighted by atomic mass is 10.1. The van der Waals surface area contributed by atoms with E-state index in [0.29, 0.717) is 26.4 Å². The highest BCUT2D eigenvalue weighted by Crippen LogP contribution is 2.29. The van der Waals surface area contributed by atoms with Crippen LogP contribution in [0.1, 0.15) is 25.0 Å². The van der Waals surface area contributed by atoms with Gasteiger partial charge in [-0.15, -0.1) is 0 Å². The predicted molar refractivity (Wildman–Crippen MR) is 131 cm³/mol. The van der Waals surface area contributed by atoms with E-state index in [4.69, 9.17) is 18.9 Å². The van der Waals surface area contributed by atoms with Crippen LogP contribution in [-0.2, 0) is 32.2 Å². The summed E-state index contributed by atoms with van der Waals surface area (Å²) in [6.07, 6.45) is -0.339. The fourth-order valence-electron chi connectivity index (χ4n) is 4.43. The molecule has 0 radical (unpaired) electrons. The average Bonchev–Trinajstić information content (AvgIpc) is 3.12. The maximum Gasteiger partial charge on any atom is 0.163 e. The summed E-state index contributed by atoms with van der Waals surface area (Å²) in [4.78, 5) is 0. The van der Waals surface area contributed by atoms with E-state index in [1.807, 2.05) is 13.8 Å². The first-order chi connectivity index (χ1) is 16.1. The molecule has 4 nitrogen and oxygen atoms in total. The molecule has 0 saturated carbocycles. The molecule has 5 rings (SSSR count). The standard InChI is InChI=1S/C29H30O4/c1-29(2)32-27(19-30-17-21-11-13-23-7-3-5-9-25(23)15-21)28(33-29)20-31-18-22-12-14-24-8-4-6-10-26(24)16-22/h3-16,27-28H,17-20H2,1-2H3/t27-,28-/m0/s1.